The van der Waals surface area contributed by atoms with E-state index in [0.29, 0.717) is 13.1 Å². The highest BCUT2D eigenvalue weighted by Gasteiger charge is 2.09. The largest absolute Gasteiger partial charge is 0.490 e. The van der Waals surface area contributed by atoms with Gasteiger partial charge in [0.2, 0.25) is 0 Å². The summed E-state index contributed by atoms with van der Waals surface area (Å²) in [5.74, 6) is 1.69. The van der Waals surface area contributed by atoms with Gasteiger partial charge in [-0.25, -0.2) is 4.98 Å². The molecule has 0 aliphatic rings. The van der Waals surface area contributed by atoms with Crippen LogP contribution < -0.4 is 15.4 Å². The number of hydrogen-bond donors (Lipinski definition) is 2. The van der Waals surface area contributed by atoms with E-state index in [1.807, 2.05) is 0 Å². The minimum atomic E-state index is 0.199. The van der Waals surface area contributed by atoms with Crippen LogP contribution in [0, 0.1) is 6.92 Å². The third-order valence-corrected chi connectivity index (χ3v) is 5.18. The van der Waals surface area contributed by atoms with Crippen molar-refractivity contribution < 1.29 is 4.74 Å². The maximum absolute atomic E-state index is 6.08. The summed E-state index contributed by atoms with van der Waals surface area (Å²) in [6.07, 6.45) is 2.16. The summed E-state index contributed by atoms with van der Waals surface area (Å²) in [5.41, 5.74) is 3.37. The Balaban J connectivity index is 1.95. The van der Waals surface area contributed by atoms with E-state index in [9.17, 15) is 0 Å². The van der Waals surface area contributed by atoms with Crippen molar-refractivity contribution in [2.45, 2.75) is 59.7 Å². The number of ether oxygens (including phenoxy) is 1. The van der Waals surface area contributed by atoms with Gasteiger partial charge < -0.3 is 15.4 Å². The van der Waals surface area contributed by atoms with Gasteiger partial charge in [0.05, 0.1) is 23.4 Å². The normalized spacial score (nSPS) is 12.7. The Morgan fingerprint density at radius 1 is 1.27 bits per heavy atom. The fourth-order valence-electron chi connectivity index (χ4n) is 2.38. The molecular weight excluding hydrogens is 344 g/mol. The number of nitrogens with zero attached hydrogens (tertiary/aromatic N) is 2. The maximum atomic E-state index is 6.08. The van der Waals surface area contributed by atoms with E-state index >= 15 is 0 Å². The monoisotopic (exact) mass is 374 g/mol. The molecule has 1 aromatic heterocycles. The molecule has 2 rings (SSSR count). The van der Waals surface area contributed by atoms with Crippen molar-refractivity contribution in [2.75, 3.05) is 7.05 Å². The molecule has 0 saturated heterocycles. The second-order valence-electron chi connectivity index (χ2n) is 6.31. The van der Waals surface area contributed by atoms with Crippen LogP contribution >= 0.6 is 11.3 Å². The molecule has 0 fully saturated rings. The van der Waals surface area contributed by atoms with E-state index in [0.717, 1.165) is 40.8 Å². The van der Waals surface area contributed by atoms with E-state index in [-0.39, 0.29) is 6.10 Å². The zero-order valence-electron chi connectivity index (χ0n) is 16.4. The van der Waals surface area contributed by atoms with Crippen LogP contribution in [-0.2, 0) is 19.5 Å². The fourth-order valence-corrected chi connectivity index (χ4v) is 3.13. The summed E-state index contributed by atoms with van der Waals surface area (Å²) >= 11 is 1.70. The van der Waals surface area contributed by atoms with Gasteiger partial charge in [-0.05, 0) is 38.3 Å². The van der Waals surface area contributed by atoms with Crippen molar-refractivity contribution in [3.8, 4) is 5.75 Å². The summed E-state index contributed by atoms with van der Waals surface area (Å²) in [6, 6.07) is 6.32. The van der Waals surface area contributed by atoms with Gasteiger partial charge >= 0.3 is 0 Å². The van der Waals surface area contributed by atoms with Gasteiger partial charge in [-0.15, -0.1) is 11.3 Å². The summed E-state index contributed by atoms with van der Waals surface area (Å²) in [4.78, 5) is 8.87. The smallest absolute Gasteiger partial charge is 0.191 e. The topological polar surface area (TPSA) is 58.5 Å². The lowest BCUT2D eigenvalue weighted by molar-refractivity contribution is 0.215. The molecule has 1 unspecified atom stereocenters. The zero-order chi connectivity index (χ0) is 18.9. The summed E-state index contributed by atoms with van der Waals surface area (Å²) in [7, 11) is 1.78. The number of nitrogens with one attached hydrogen (secondary N) is 2. The highest BCUT2D eigenvalue weighted by atomic mass is 32.1. The molecule has 6 heteroatoms. The molecule has 0 radical (unpaired) electrons. The Bertz CT molecular complexity index is 726. The van der Waals surface area contributed by atoms with E-state index in [1.165, 1.54) is 5.56 Å². The van der Waals surface area contributed by atoms with E-state index < -0.39 is 0 Å². The molecule has 0 saturated carbocycles. The van der Waals surface area contributed by atoms with Crippen LogP contribution in [0.4, 0.5) is 0 Å². The van der Waals surface area contributed by atoms with Gasteiger partial charge in [0.1, 0.15) is 5.75 Å². The molecule has 2 aromatic rings. The molecule has 2 N–H and O–H groups in total. The Morgan fingerprint density at radius 3 is 2.69 bits per heavy atom. The van der Waals surface area contributed by atoms with Crippen LogP contribution in [0.2, 0.25) is 0 Å². The first-order chi connectivity index (χ1) is 12.5. The molecule has 0 aliphatic heterocycles. The first-order valence-electron chi connectivity index (χ1n) is 9.19. The molecule has 1 atom stereocenters. The van der Waals surface area contributed by atoms with Gasteiger partial charge in [0.15, 0.2) is 5.96 Å². The molecule has 5 nitrogen and oxygen atoms in total. The quantitative estimate of drug-likeness (QED) is 0.540. The minimum Gasteiger partial charge on any atom is -0.490 e. The predicted octanol–water partition coefficient (Wildman–Crippen LogP) is 4.06. The molecular formula is C20H30N4OS. The lowest BCUT2D eigenvalue weighted by atomic mass is 10.1. The van der Waals surface area contributed by atoms with Crippen LogP contribution in [0.1, 0.15) is 49.0 Å². The van der Waals surface area contributed by atoms with Crippen molar-refractivity contribution in [3.05, 3.63) is 45.4 Å². The Hall–Kier alpha value is -2.08. The average molecular weight is 375 g/mol. The summed E-state index contributed by atoms with van der Waals surface area (Å²) in [5, 5.41) is 9.94. The zero-order valence-corrected chi connectivity index (χ0v) is 17.2. The fraction of sp³-hybridized carbons (Fsp3) is 0.500. The Kier molecular flexibility index (Phi) is 7.91. The van der Waals surface area contributed by atoms with E-state index in [4.69, 9.17) is 4.74 Å². The van der Waals surface area contributed by atoms with Crippen molar-refractivity contribution >= 4 is 17.3 Å². The molecule has 142 valence electrons. The number of benzene rings is 1. The van der Waals surface area contributed by atoms with Crippen LogP contribution in [0.25, 0.3) is 0 Å². The van der Waals surface area contributed by atoms with Gasteiger partial charge in [-0.3, -0.25) is 4.99 Å². The number of rotatable bonds is 8. The number of aromatic nitrogens is 1. The maximum Gasteiger partial charge on any atom is 0.191 e. The van der Waals surface area contributed by atoms with Gasteiger partial charge in [0, 0.05) is 24.5 Å². The molecule has 1 heterocycles. The number of thiazole rings is 1. The molecule has 0 amide bonds. The highest BCUT2D eigenvalue weighted by Crippen LogP contribution is 2.22. The van der Waals surface area contributed by atoms with E-state index in [2.05, 4.69) is 71.9 Å². The van der Waals surface area contributed by atoms with Gasteiger partial charge in [0.25, 0.3) is 0 Å². The molecule has 1 aromatic carbocycles. The molecule has 26 heavy (non-hydrogen) atoms. The van der Waals surface area contributed by atoms with Crippen molar-refractivity contribution in [1.82, 2.24) is 15.6 Å². The minimum absolute atomic E-state index is 0.199. The standard InChI is InChI=1S/C20H30N4OS/c1-6-15(4)25-18-10-14(3)8-9-16(18)11-22-20(21-5)23-12-17-13-26-19(7-2)24-17/h8-10,13,15H,6-7,11-12H2,1-5H3,(H2,21,22,23). The Labute approximate surface area is 160 Å². The van der Waals surface area contributed by atoms with Gasteiger partial charge in [-0.2, -0.15) is 0 Å². The predicted molar refractivity (Wildman–Crippen MR) is 110 cm³/mol. The van der Waals surface area contributed by atoms with Crippen LogP contribution in [0.15, 0.2) is 28.6 Å². The first kappa shape index (κ1) is 20.2. The first-order valence-corrected chi connectivity index (χ1v) is 10.1. The van der Waals surface area contributed by atoms with Crippen LogP contribution in [0.3, 0.4) is 0 Å². The van der Waals surface area contributed by atoms with E-state index in [1.54, 1.807) is 18.4 Å². The van der Waals surface area contributed by atoms with Crippen LogP contribution in [-0.4, -0.2) is 24.1 Å². The number of guanidine groups is 1. The van der Waals surface area contributed by atoms with Crippen molar-refractivity contribution in [3.63, 3.8) is 0 Å². The molecule has 0 spiro atoms. The molecule has 0 aliphatic carbocycles. The third kappa shape index (κ3) is 6.02. The molecule has 0 bridgehead atoms. The second-order valence-corrected chi connectivity index (χ2v) is 7.26. The SMILES string of the molecule is CCc1nc(CNC(=NC)NCc2ccc(C)cc2OC(C)CC)cs1. The number of hydrogen-bond acceptors (Lipinski definition) is 4. The van der Waals surface area contributed by atoms with Crippen LogP contribution in [0.5, 0.6) is 5.75 Å². The number of aliphatic imine (C=N–C) groups is 1. The lowest BCUT2D eigenvalue weighted by Gasteiger charge is -2.18. The highest BCUT2D eigenvalue weighted by molar-refractivity contribution is 7.09. The second kappa shape index (κ2) is 10.2. The summed E-state index contributed by atoms with van der Waals surface area (Å²) in [6.45, 7) is 9.76. The van der Waals surface area contributed by atoms with Gasteiger partial charge in [-0.1, -0.05) is 26.0 Å². The Morgan fingerprint density at radius 2 is 2.04 bits per heavy atom. The lowest BCUT2D eigenvalue weighted by Crippen LogP contribution is -2.36. The van der Waals surface area contributed by atoms with Crippen molar-refractivity contribution in [1.29, 1.82) is 0 Å². The average Bonchev–Trinajstić information content (AvgIpc) is 3.11. The third-order valence-electron chi connectivity index (χ3n) is 4.13. The van der Waals surface area contributed by atoms with Crippen molar-refractivity contribution in [2.24, 2.45) is 4.99 Å². The summed E-state index contributed by atoms with van der Waals surface area (Å²) < 4.78 is 6.08. The number of aryl methyl sites for hydroxylation is 2.